The smallest absolute Gasteiger partial charge is 0.326 e. The average Bonchev–Trinajstić information content (AvgIpc) is 2.45. The number of amides is 1. The molecule has 0 saturated heterocycles. The molecule has 0 radical (unpaired) electrons. The van der Waals surface area contributed by atoms with Crippen LogP contribution in [0.2, 0.25) is 5.02 Å². The van der Waals surface area contributed by atoms with E-state index in [-0.39, 0.29) is 18.9 Å². The zero-order chi connectivity index (χ0) is 15.7. The molecular formula is C14H18ClNO4S. The Balaban J connectivity index is 2.36. The lowest BCUT2D eigenvalue weighted by Crippen LogP contribution is -2.41. The predicted octanol–water partition coefficient (Wildman–Crippen LogP) is 2.43. The van der Waals surface area contributed by atoms with Crippen LogP contribution >= 0.6 is 23.4 Å². The molecule has 0 aliphatic rings. The Labute approximate surface area is 133 Å². The minimum absolute atomic E-state index is 0.0776. The lowest BCUT2D eigenvalue weighted by Gasteiger charge is -2.14. The van der Waals surface area contributed by atoms with Crippen LogP contribution < -0.4 is 10.1 Å². The first-order chi connectivity index (χ1) is 10.0. The fraction of sp³-hybridized carbons (Fsp3) is 0.429. The summed E-state index contributed by atoms with van der Waals surface area (Å²) < 4.78 is 5.39. The lowest BCUT2D eigenvalue weighted by atomic mass is 10.2. The minimum Gasteiger partial charge on any atom is -0.491 e. The van der Waals surface area contributed by atoms with Gasteiger partial charge in [-0.3, -0.25) is 4.79 Å². The molecule has 1 rings (SSSR count). The predicted molar refractivity (Wildman–Crippen MR) is 84.1 cm³/mol. The van der Waals surface area contributed by atoms with Crippen molar-refractivity contribution in [2.45, 2.75) is 18.9 Å². The van der Waals surface area contributed by atoms with Crippen molar-refractivity contribution in [2.24, 2.45) is 0 Å². The van der Waals surface area contributed by atoms with Crippen molar-refractivity contribution in [2.75, 3.05) is 18.6 Å². The second-order valence-corrected chi connectivity index (χ2v) is 5.66. The van der Waals surface area contributed by atoms with Gasteiger partial charge in [-0.05, 0) is 30.6 Å². The van der Waals surface area contributed by atoms with Crippen LogP contribution in [0.4, 0.5) is 0 Å². The molecule has 1 aromatic carbocycles. The average molecular weight is 332 g/mol. The highest BCUT2D eigenvalue weighted by molar-refractivity contribution is 7.98. The van der Waals surface area contributed by atoms with Gasteiger partial charge in [-0.2, -0.15) is 11.8 Å². The highest BCUT2D eigenvalue weighted by Gasteiger charge is 2.19. The van der Waals surface area contributed by atoms with E-state index < -0.39 is 12.0 Å². The Morgan fingerprint density at radius 1 is 1.43 bits per heavy atom. The summed E-state index contributed by atoms with van der Waals surface area (Å²) in [4.78, 5) is 22.7. The number of ether oxygens (including phenoxy) is 1. The molecular weight excluding hydrogens is 314 g/mol. The van der Waals surface area contributed by atoms with Crippen molar-refractivity contribution >= 4 is 35.2 Å². The summed E-state index contributed by atoms with van der Waals surface area (Å²) in [7, 11) is 0. The molecule has 1 unspecified atom stereocenters. The van der Waals surface area contributed by atoms with Gasteiger partial charge >= 0.3 is 5.97 Å². The van der Waals surface area contributed by atoms with Gasteiger partial charge < -0.3 is 15.2 Å². The fourth-order valence-corrected chi connectivity index (χ4v) is 2.24. The number of aliphatic carboxylic acids is 1. The molecule has 1 amide bonds. The third-order valence-corrected chi connectivity index (χ3v) is 3.62. The van der Waals surface area contributed by atoms with Crippen LogP contribution in [0.25, 0.3) is 0 Å². The SMILES string of the molecule is CSCCC(NC(=O)CCOc1ccccc1Cl)C(=O)O. The van der Waals surface area contributed by atoms with Crippen molar-refractivity contribution in [1.82, 2.24) is 5.32 Å². The molecule has 0 spiro atoms. The number of thioether (sulfide) groups is 1. The van der Waals surface area contributed by atoms with Gasteiger partial charge in [0.05, 0.1) is 18.1 Å². The van der Waals surface area contributed by atoms with Crippen LogP contribution in [-0.4, -0.2) is 41.6 Å². The Bertz CT molecular complexity index is 484. The number of benzene rings is 1. The molecule has 0 heterocycles. The molecule has 2 N–H and O–H groups in total. The normalized spacial score (nSPS) is 11.7. The molecule has 1 atom stereocenters. The molecule has 0 aliphatic carbocycles. The highest BCUT2D eigenvalue weighted by atomic mass is 35.5. The van der Waals surface area contributed by atoms with Crippen LogP contribution in [0.15, 0.2) is 24.3 Å². The van der Waals surface area contributed by atoms with E-state index in [1.165, 1.54) is 11.8 Å². The van der Waals surface area contributed by atoms with Gasteiger partial charge in [0.1, 0.15) is 11.8 Å². The summed E-state index contributed by atoms with van der Waals surface area (Å²) >= 11 is 7.45. The van der Waals surface area contributed by atoms with Crippen molar-refractivity contribution in [3.05, 3.63) is 29.3 Å². The van der Waals surface area contributed by atoms with Gasteiger partial charge in [-0.25, -0.2) is 4.79 Å². The Morgan fingerprint density at radius 3 is 2.76 bits per heavy atom. The molecule has 0 saturated carbocycles. The molecule has 1 aromatic rings. The topological polar surface area (TPSA) is 75.6 Å². The molecule has 0 aromatic heterocycles. The van der Waals surface area contributed by atoms with Crippen LogP contribution in [0, 0.1) is 0 Å². The third-order valence-electron chi connectivity index (χ3n) is 2.67. The number of carboxylic acid groups (broad SMARTS) is 1. The molecule has 116 valence electrons. The van der Waals surface area contributed by atoms with E-state index in [2.05, 4.69) is 5.32 Å². The quantitative estimate of drug-likeness (QED) is 0.727. The summed E-state index contributed by atoms with van der Waals surface area (Å²) in [5, 5.41) is 12.0. The molecule has 0 fully saturated rings. The maximum absolute atomic E-state index is 11.7. The largest absolute Gasteiger partial charge is 0.491 e. The highest BCUT2D eigenvalue weighted by Crippen LogP contribution is 2.22. The maximum Gasteiger partial charge on any atom is 0.326 e. The van der Waals surface area contributed by atoms with Gasteiger partial charge in [0.2, 0.25) is 5.91 Å². The first-order valence-electron chi connectivity index (χ1n) is 6.43. The molecule has 0 aliphatic heterocycles. The van der Waals surface area contributed by atoms with E-state index in [4.69, 9.17) is 21.4 Å². The van der Waals surface area contributed by atoms with E-state index in [9.17, 15) is 9.59 Å². The number of carboxylic acids is 1. The number of para-hydroxylation sites is 1. The van der Waals surface area contributed by atoms with E-state index in [1.807, 2.05) is 6.26 Å². The van der Waals surface area contributed by atoms with Gasteiger partial charge in [-0.15, -0.1) is 0 Å². The minimum atomic E-state index is -1.02. The summed E-state index contributed by atoms with van der Waals surface area (Å²) in [6.07, 6.45) is 2.36. The molecule has 21 heavy (non-hydrogen) atoms. The Morgan fingerprint density at radius 2 is 2.14 bits per heavy atom. The van der Waals surface area contributed by atoms with Gasteiger partial charge in [0.25, 0.3) is 0 Å². The zero-order valence-electron chi connectivity index (χ0n) is 11.7. The van der Waals surface area contributed by atoms with Gasteiger partial charge in [-0.1, -0.05) is 23.7 Å². The second-order valence-electron chi connectivity index (χ2n) is 4.27. The van der Waals surface area contributed by atoms with Crippen LogP contribution in [0.1, 0.15) is 12.8 Å². The number of carbonyl (C=O) groups is 2. The number of nitrogens with one attached hydrogen (secondary N) is 1. The molecule has 5 nitrogen and oxygen atoms in total. The molecule has 7 heteroatoms. The van der Waals surface area contributed by atoms with Gasteiger partial charge in [0, 0.05) is 0 Å². The number of halogens is 1. The van der Waals surface area contributed by atoms with E-state index in [0.29, 0.717) is 22.9 Å². The Hall–Kier alpha value is -1.40. The van der Waals surface area contributed by atoms with Crippen molar-refractivity contribution < 1.29 is 19.4 Å². The van der Waals surface area contributed by atoms with Crippen molar-refractivity contribution in [3.63, 3.8) is 0 Å². The maximum atomic E-state index is 11.7. The standard InChI is InChI=1S/C14H18ClNO4S/c1-21-9-7-11(14(18)19)16-13(17)6-8-20-12-5-3-2-4-10(12)15/h2-5,11H,6-9H2,1H3,(H,16,17)(H,18,19). The fourth-order valence-electron chi connectivity index (χ4n) is 1.58. The number of hydrogen-bond acceptors (Lipinski definition) is 4. The summed E-state index contributed by atoms with van der Waals surface area (Å²) in [6, 6.07) is 6.11. The van der Waals surface area contributed by atoms with Crippen LogP contribution in [0.5, 0.6) is 5.75 Å². The Kier molecular flexibility index (Phi) is 8.00. The van der Waals surface area contributed by atoms with E-state index >= 15 is 0 Å². The third kappa shape index (κ3) is 6.73. The van der Waals surface area contributed by atoms with E-state index in [1.54, 1.807) is 24.3 Å². The zero-order valence-corrected chi connectivity index (χ0v) is 13.2. The molecule has 0 bridgehead atoms. The first kappa shape index (κ1) is 17.7. The second kappa shape index (κ2) is 9.52. The van der Waals surface area contributed by atoms with Crippen molar-refractivity contribution in [1.29, 1.82) is 0 Å². The number of hydrogen-bond donors (Lipinski definition) is 2. The number of carbonyl (C=O) groups excluding carboxylic acids is 1. The van der Waals surface area contributed by atoms with Crippen LogP contribution in [0.3, 0.4) is 0 Å². The number of rotatable bonds is 9. The lowest BCUT2D eigenvalue weighted by molar-refractivity contribution is -0.141. The van der Waals surface area contributed by atoms with Crippen LogP contribution in [-0.2, 0) is 9.59 Å². The summed E-state index contributed by atoms with van der Waals surface area (Å²) in [6.45, 7) is 0.143. The monoisotopic (exact) mass is 331 g/mol. The van der Waals surface area contributed by atoms with E-state index in [0.717, 1.165) is 0 Å². The van der Waals surface area contributed by atoms with Crippen molar-refractivity contribution in [3.8, 4) is 5.75 Å². The van der Waals surface area contributed by atoms with Gasteiger partial charge in [0.15, 0.2) is 0 Å². The first-order valence-corrected chi connectivity index (χ1v) is 8.20. The summed E-state index contributed by atoms with van der Waals surface area (Å²) in [5.41, 5.74) is 0. The summed E-state index contributed by atoms with van der Waals surface area (Å²) in [5.74, 6) is -0.197.